The SMILES string of the molecule is N#Cc1cccc(OCCC(=O)N(CC=O)C2CCCCC2)c1. The maximum absolute atomic E-state index is 12.4. The number of amides is 1. The average molecular weight is 314 g/mol. The second-order valence-corrected chi connectivity index (χ2v) is 5.74. The summed E-state index contributed by atoms with van der Waals surface area (Å²) >= 11 is 0. The molecule has 0 bridgehead atoms. The van der Waals surface area contributed by atoms with Gasteiger partial charge in [0, 0.05) is 6.04 Å². The van der Waals surface area contributed by atoms with Gasteiger partial charge in [0.05, 0.1) is 31.2 Å². The molecule has 0 heterocycles. The van der Waals surface area contributed by atoms with Gasteiger partial charge in [-0.05, 0) is 31.0 Å². The third-order valence-electron chi connectivity index (χ3n) is 4.15. The molecule has 0 aliphatic heterocycles. The third kappa shape index (κ3) is 5.10. The lowest BCUT2D eigenvalue weighted by Crippen LogP contribution is -2.43. The minimum atomic E-state index is -0.0413. The predicted molar refractivity (Wildman–Crippen MR) is 85.9 cm³/mol. The molecule has 122 valence electrons. The first-order valence-corrected chi connectivity index (χ1v) is 8.10. The zero-order valence-corrected chi connectivity index (χ0v) is 13.2. The van der Waals surface area contributed by atoms with Crippen LogP contribution >= 0.6 is 0 Å². The van der Waals surface area contributed by atoms with Gasteiger partial charge in [0.15, 0.2) is 0 Å². The van der Waals surface area contributed by atoms with Crippen LogP contribution in [-0.2, 0) is 9.59 Å². The summed E-state index contributed by atoms with van der Waals surface area (Å²) in [6.07, 6.45) is 6.42. The van der Waals surface area contributed by atoms with E-state index in [9.17, 15) is 9.59 Å². The first-order valence-electron chi connectivity index (χ1n) is 8.10. The molecule has 0 saturated heterocycles. The number of ether oxygens (including phenoxy) is 1. The summed E-state index contributed by atoms with van der Waals surface area (Å²) in [6, 6.07) is 9.09. The van der Waals surface area contributed by atoms with Gasteiger partial charge in [-0.25, -0.2) is 0 Å². The van der Waals surface area contributed by atoms with Crippen LogP contribution in [0.3, 0.4) is 0 Å². The lowest BCUT2D eigenvalue weighted by Gasteiger charge is -2.33. The molecular formula is C18H22N2O3. The smallest absolute Gasteiger partial charge is 0.226 e. The van der Waals surface area contributed by atoms with Crippen molar-refractivity contribution in [3.05, 3.63) is 29.8 Å². The highest BCUT2D eigenvalue weighted by Crippen LogP contribution is 2.23. The normalized spacial score (nSPS) is 14.7. The molecule has 1 fully saturated rings. The number of benzene rings is 1. The zero-order chi connectivity index (χ0) is 16.5. The van der Waals surface area contributed by atoms with Crippen molar-refractivity contribution >= 4 is 12.2 Å². The van der Waals surface area contributed by atoms with Gasteiger partial charge in [-0.3, -0.25) is 4.79 Å². The number of hydrogen-bond acceptors (Lipinski definition) is 4. The van der Waals surface area contributed by atoms with E-state index >= 15 is 0 Å². The van der Waals surface area contributed by atoms with Crippen molar-refractivity contribution in [2.24, 2.45) is 0 Å². The van der Waals surface area contributed by atoms with Crippen molar-refractivity contribution in [3.8, 4) is 11.8 Å². The molecule has 1 saturated carbocycles. The highest BCUT2D eigenvalue weighted by Gasteiger charge is 2.24. The second-order valence-electron chi connectivity index (χ2n) is 5.74. The average Bonchev–Trinajstić information content (AvgIpc) is 2.60. The maximum Gasteiger partial charge on any atom is 0.226 e. The number of rotatable bonds is 7. The third-order valence-corrected chi connectivity index (χ3v) is 4.15. The maximum atomic E-state index is 12.4. The second kappa shape index (κ2) is 8.94. The van der Waals surface area contributed by atoms with E-state index in [1.54, 1.807) is 29.2 Å². The van der Waals surface area contributed by atoms with Crippen LogP contribution in [0.4, 0.5) is 0 Å². The molecule has 2 rings (SSSR count). The first-order chi connectivity index (χ1) is 11.2. The molecule has 5 nitrogen and oxygen atoms in total. The van der Waals surface area contributed by atoms with Gasteiger partial charge in [-0.2, -0.15) is 5.26 Å². The minimum absolute atomic E-state index is 0.0413. The van der Waals surface area contributed by atoms with Crippen LogP contribution in [0.25, 0.3) is 0 Å². The summed E-state index contributed by atoms with van der Waals surface area (Å²) < 4.78 is 5.55. The standard InChI is InChI=1S/C18H22N2O3/c19-14-15-5-4-8-17(13-15)23-12-9-18(22)20(10-11-21)16-6-2-1-3-7-16/h4-5,8,11,13,16H,1-3,6-7,9-10,12H2. The molecule has 0 atom stereocenters. The summed E-state index contributed by atoms with van der Waals surface area (Å²) in [5.41, 5.74) is 0.526. The molecule has 1 aromatic carbocycles. The Hall–Kier alpha value is -2.35. The van der Waals surface area contributed by atoms with Crippen molar-refractivity contribution in [2.45, 2.75) is 44.6 Å². The Morgan fingerprint density at radius 3 is 2.83 bits per heavy atom. The van der Waals surface area contributed by atoms with Crippen LogP contribution in [0.15, 0.2) is 24.3 Å². The Kier molecular flexibility index (Phi) is 6.61. The molecule has 5 heteroatoms. The molecule has 1 aromatic rings. The van der Waals surface area contributed by atoms with E-state index in [-0.39, 0.29) is 31.5 Å². The van der Waals surface area contributed by atoms with Crippen molar-refractivity contribution in [1.82, 2.24) is 4.90 Å². The lowest BCUT2D eigenvalue weighted by atomic mass is 9.94. The number of aldehydes is 1. The molecule has 0 unspecified atom stereocenters. The van der Waals surface area contributed by atoms with Gasteiger partial charge in [-0.1, -0.05) is 25.3 Å². The quantitative estimate of drug-likeness (QED) is 0.726. The Morgan fingerprint density at radius 1 is 1.35 bits per heavy atom. The summed E-state index contributed by atoms with van der Waals surface area (Å²) in [7, 11) is 0. The van der Waals surface area contributed by atoms with E-state index in [1.165, 1.54) is 6.42 Å². The minimum Gasteiger partial charge on any atom is -0.493 e. The summed E-state index contributed by atoms with van der Waals surface area (Å²) in [5, 5.41) is 8.85. The molecule has 0 N–H and O–H groups in total. The molecule has 1 aliphatic rings. The fourth-order valence-electron chi connectivity index (χ4n) is 2.98. The van der Waals surface area contributed by atoms with E-state index in [0.29, 0.717) is 11.3 Å². The van der Waals surface area contributed by atoms with Gasteiger partial charge in [0.25, 0.3) is 0 Å². The van der Waals surface area contributed by atoms with Crippen LogP contribution in [0.5, 0.6) is 5.75 Å². The molecular weight excluding hydrogens is 292 g/mol. The lowest BCUT2D eigenvalue weighted by molar-refractivity contribution is -0.136. The Balaban J connectivity index is 1.85. The fraction of sp³-hybridized carbons (Fsp3) is 0.500. The van der Waals surface area contributed by atoms with E-state index in [0.717, 1.165) is 32.0 Å². The van der Waals surface area contributed by atoms with E-state index in [1.807, 2.05) is 0 Å². The van der Waals surface area contributed by atoms with Gasteiger partial charge in [0.1, 0.15) is 12.0 Å². The molecule has 1 amide bonds. The van der Waals surface area contributed by atoms with Crippen molar-refractivity contribution in [3.63, 3.8) is 0 Å². The molecule has 0 radical (unpaired) electrons. The van der Waals surface area contributed by atoms with E-state index < -0.39 is 0 Å². The van der Waals surface area contributed by atoms with E-state index in [4.69, 9.17) is 10.00 Å². The molecule has 0 aromatic heterocycles. The zero-order valence-electron chi connectivity index (χ0n) is 13.2. The van der Waals surface area contributed by atoms with Crippen molar-refractivity contribution < 1.29 is 14.3 Å². The number of nitrogens with zero attached hydrogens (tertiary/aromatic N) is 2. The Labute approximate surface area is 136 Å². The number of carbonyl (C=O) groups excluding carboxylic acids is 2. The highest BCUT2D eigenvalue weighted by molar-refractivity contribution is 5.79. The van der Waals surface area contributed by atoms with Crippen LogP contribution < -0.4 is 4.74 Å². The van der Waals surface area contributed by atoms with Crippen LogP contribution in [0.2, 0.25) is 0 Å². The highest BCUT2D eigenvalue weighted by atomic mass is 16.5. The molecule has 0 spiro atoms. The van der Waals surface area contributed by atoms with Gasteiger partial charge in [0.2, 0.25) is 5.91 Å². The van der Waals surface area contributed by atoms with Crippen molar-refractivity contribution in [2.75, 3.05) is 13.2 Å². The largest absolute Gasteiger partial charge is 0.493 e. The van der Waals surface area contributed by atoms with Gasteiger partial charge >= 0.3 is 0 Å². The Bertz CT molecular complexity index is 574. The van der Waals surface area contributed by atoms with Crippen LogP contribution in [0, 0.1) is 11.3 Å². The molecule has 1 aliphatic carbocycles. The van der Waals surface area contributed by atoms with Crippen LogP contribution in [0.1, 0.15) is 44.1 Å². The fourth-order valence-corrected chi connectivity index (χ4v) is 2.98. The number of hydrogen-bond donors (Lipinski definition) is 0. The predicted octanol–water partition coefficient (Wildman–Crippen LogP) is 2.69. The topological polar surface area (TPSA) is 70.4 Å². The Morgan fingerprint density at radius 2 is 2.13 bits per heavy atom. The molecule has 23 heavy (non-hydrogen) atoms. The summed E-state index contributed by atoms with van der Waals surface area (Å²) in [4.78, 5) is 24.9. The van der Waals surface area contributed by atoms with Gasteiger partial charge < -0.3 is 14.4 Å². The summed E-state index contributed by atoms with van der Waals surface area (Å²) in [6.45, 7) is 0.406. The van der Waals surface area contributed by atoms with Crippen molar-refractivity contribution in [1.29, 1.82) is 5.26 Å². The van der Waals surface area contributed by atoms with E-state index in [2.05, 4.69) is 6.07 Å². The summed E-state index contributed by atoms with van der Waals surface area (Å²) in [5.74, 6) is 0.539. The first kappa shape index (κ1) is 17.0. The number of carbonyl (C=O) groups is 2. The van der Waals surface area contributed by atoms with Gasteiger partial charge in [-0.15, -0.1) is 0 Å². The number of nitriles is 1. The van der Waals surface area contributed by atoms with Crippen LogP contribution in [-0.4, -0.2) is 36.3 Å². The monoisotopic (exact) mass is 314 g/mol.